The maximum absolute atomic E-state index is 12.5. The average molecular weight is 288 g/mol. The molecule has 0 aromatic carbocycles. The first-order chi connectivity index (χ1) is 8.61. The summed E-state index contributed by atoms with van der Waals surface area (Å²) in [5.74, 6) is 0.350. The third kappa shape index (κ3) is 3.77. The lowest BCUT2D eigenvalue weighted by molar-refractivity contribution is 0.344. The number of nitrogens with zero attached hydrogens (tertiary/aromatic N) is 1. The minimum Gasteiger partial charge on any atom is -0.329 e. The van der Waals surface area contributed by atoms with Gasteiger partial charge in [0.15, 0.2) is 0 Å². The van der Waals surface area contributed by atoms with Gasteiger partial charge in [0.05, 0.1) is 11.4 Å². The number of nitrogens with one attached hydrogen (secondary N) is 2. The predicted molar refractivity (Wildman–Crippen MR) is 75.3 cm³/mol. The van der Waals surface area contributed by atoms with Crippen LogP contribution in [0.25, 0.3) is 0 Å². The van der Waals surface area contributed by atoms with Crippen molar-refractivity contribution in [2.45, 2.75) is 51.5 Å². The highest BCUT2D eigenvalue weighted by molar-refractivity contribution is 7.89. The third-order valence-electron chi connectivity index (χ3n) is 3.02. The largest absolute Gasteiger partial charge is 0.329 e. The fourth-order valence-corrected chi connectivity index (χ4v) is 4.18. The Morgan fingerprint density at radius 2 is 2.00 bits per heavy atom. The maximum Gasteiger partial charge on any atom is 0.244 e. The molecule has 0 radical (unpaired) electrons. The lowest BCUT2D eigenvalue weighted by atomic mass is 9.92. The van der Waals surface area contributed by atoms with Crippen LogP contribution in [0.3, 0.4) is 0 Å². The molecule has 0 amide bonds. The molecule has 0 aliphatic carbocycles. The van der Waals surface area contributed by atoms with Gasteiger partial charge in [-0.1, -0.05) is 13.8 Å². The van der Waals surface area contributed by atoms with Crippen LogP contribution >= 0.6 is 0 Å². The number of rotatable bonds is 6. The van der Waals surface area contributed by atoms with Crippen molar-refractivity contribution < 1.29 is 8.42 Å². The molecule has 6 nitrogen and oxygen atoms in total. The Morgan fingerprint density at radius 3 is 2.37 bits per heavy atom. The Morgan fingerprint density at radius 1 is 1.42 bits per heavy atom. The Labute approximate surface area is 115 Å². The van der Waals surface area contributed by atoms with E-state index in [1.807, 2.05) is 20.8 Å². The Balaban J connectivity index is 3.09. The number of hydrogen-bond acceptors (Lipinski definition) is 4. The first kappa shape index (κ1) is 16.1. The van der Waals surface area contributed by atoms with E-state index in [1.165, 1.54) is 0 Å². The second-order valence-corrected chi connectivity index (χ2v) is 7.35. The van der Waals surface area contributed by atoms with Crippen molar-refractivity contribution in [2.75, 3.05) is 6.54 Å². The van der Waals surface area contributed by atoms with E-state index in [-0.39, 0.29) is 11.4 Å². The van der Waals surface area contributed by atoms with Crippen molar-refractivity contribution in [1.29, 1.82) is 0 Å². The van der Waals surface area contributed by atoms with Crippen molar-refractivity contribution in [3.05, 3.63) is 11.4 Å². The van der Waals surface area contributed by atoms with Crippen molar-refractivity contribution >= 4 is 10.0 Å². The Bertz CT molecular complexity index is 516. The van der Waals surface area contributed by atoms with Crippen LogP contribution in [0, 0.1) is 19.8 Å². The molecule has 1 rings (SSSR count). The zero-order valence-corrected chi connectivity index (χ0v) is 13.1. The molecule has 1 aromatic rings. The summed E-state index contributed by atoms with van der Waals surface area (Å²) in [6.07, 6.45) is 0.679. The zero-order valence-electron chi connectivity index (χ0n) is 12.2. The molecule has 0 bridgehead atoms. The highest BCUT2D eigenvalue weighted by Gasteiger charge is 2.32. The van der Waals surface area contributed by atoms with E-state index in [1.54, 1.807) is 13.8 Å². The average Bonchev–Trinajstić information content (AvgIpc) is 2.56. The van der Waals surface area contributed by atoms with E-state index in [2.05, 4.69) is 14.9 Å². The van der Waals surface area contributed by atoms with Gasteiger partial charge in [0.25, 0.3) is 0 Å². The molecule has 1 atom stereocenters. The molecule has 19 heavy (non-hydrogen) atoms. The normalized spacial score (nSPS) is 15.7. The van der Waals surface area contributed by atoms with Crippen LogP contribution < -0.4 is 10.5 Å². The van der Waals surface area contributed by atoms with Gasteiger partial charge in [-0.2, -0.15) is 5.10 Å². The second kappa shape index (κ2) is 5.60. The monoisotopic (exact) mass is 288 g/mol. The molecule has 0 aliphatic heterocycles. The molecule has 0 saturated heterocycles. The molecule has 110 valence electrons. The van der Waals surface area contributed by atoms with Crippen LogP contribution in [0.5, 0.6) is 0 Å². The Hall–Kier alpha value is -0.920. The van der Waals surface area contributed by atoms with E-state index in [0.29, 0.717) is 23.7 Å². The number of aromatic amines is 1. The van der Waals surface area contributed by atoms with Gasteiger partial charge in [-0.15, -0.1) is 0 Å². The summed E-state index contributed by atoms with van der Waals surface area (Å²) in [7, 11) is -3.62. The molecule has 0 spiro atoms. The van der Waals surface area contributed by atoms with Crippen molar-refractivity contribution in [3.8, 4) is 0 Å². The number of aryl methyl sites for hydroxylation is 2. The maximum atomic E-state index is 12.5. The topological polar surface area (TPSA) is 101 Å². The summed E-state index contributed by atoms with van der Waals surface area (Å²) in [6, 6.07) is 0. The highest BCUT2D eigenvalue weighted by Crippen LogP contribution is 2.22. The predicted octanol–water partition coefficient (Wildman–Crippen LogP) is 1.07. The molecule has 1 unspecified atom stereocenters. The van der Waals surface area contributed by atoms with E-state index >= 15 is 0 Å². The number of H-pyrrole nitrogens is 1. The minimum atomic E-state index is -3.62. The minimum absolute atomic E-state index is 0.218. The van der Waals surface area contributed by atoms with Crippen LogP contribution in [-0.2, 0) is 10.0 Å². The first-order valence-electron chi connectivity index (χ1n) is 6.37. The standard InChI is InChI=1S/C12H24N4O2S/c1-8(2)6-12(5,7-13)16-19(17,18)11-9(3)14-15-10(11)4/h8,16H,6-7,13H2,1-5H3,(H,14,15). The summed E-state index contributed by atoms with van der Waals surface area (Å²) in [5.41, 5.74) is 6.09. The molecule has 7 heteroatoms. The molecular weight excluding hydrogens is 264 g/mol. The number of sulfonamides is 1. The SMILES string of the molecule is Cc1n[nH]c(C)c1S(=O)(=O)NC(C)(CN)CC(C)C. The lowest BCUT2D eigenvalue weighted by Gasteiger charge is -2.30. The summed E-state index contributed by atoms with van der Waals surface area (Å²) in [6.45, 7) is 9.51. The quantitative estimate of drug-likeness (QED) is 0.728. The summed E-state index contributed by atoms with van der Waals surface area (Å²) >= 11 is 0. The lowest BCUT2D eigenvalue weighted by Crippen LogP contribution is -2.52. The van der Waals surface area contributed by atoms with Crippen LogP contribution in [-0.4, -0.2) is 30.7 Å². The molecule has 0 saturated carbocycles. The van der Waals surface area contributed by atoms with Gasteiger partial charge in [-0.25, -0.2) is 13.1 Å². The molecule has 0 aliphatic rings. The van der Waals surface area contributed by atoms with Crippen molar-refractivity contribution in [1.82, 2.24) is 14.9 Å². The van der Waals surface area contributed by atoms with Gasteiger partial charge in [-0.05, 0) is 33.1 Å². The van der Waals surface area contributed by atoms with Gasteiger partial charge in [0.2, 0.25) is 10.0 Å². The molecule has 1 heterocycles. The molecule has 1 aromatic heterocycles. The van der Waals surface area contributed by atoms with Crippen LogP contribution in [0.15, 0.2) is 4.90 Å². The molecular formula is C12H24N4O2S. The van der Waals surface area contributed by atoms with Gasteiger partial charge in [-0.3, -0.25) is 5.10 Å². The van der Waals surface area contributed by atoms with Gasteiger partial charge in [0, 0.05) is 12.1 Å². The fraction of sp³-hybridized carbons (Fsp3) is 0.750. The van der Waals surface area contributed by atoms with Gasteiger partial charge >= 0.3 is 0 Å². The highest BCUT2D eigenvalue weighted by atomic mass is 32.2. The van der Waals surface area contributed by atoms with Crippen molar-refractivity contribution in [2.24, 2.45) is 11.7 Å². The van der Waals surface area contributed by atoms with E-state index < -0.39 is 15.6 Å². The van der Waals surface area contributed by atoms with Crippen LogP contribution in [0.2, 0.25) is 0 Å². The molecule has 4 N–H and O–H groups in total. The molecule has 0 fully saturated rings. The number of nitrogens with two attached hydrogens (primary N) is 1. The fourth-order valence-electron chi connectivity index (χ4n) is 2.38. The number of hydrogen-bond donors (Lipinski definition) is 3. The summed E-state index contributed by atoms with van der Waals surface area (Å²) < 4.78 is 27.7. The van der Waals surface area contributed by atoms with E-state index in [0.717, 1.165) is 0 Å². The zero-order chi connectivity index (χ0) is 14.8. The Kier molecular flexibility index (Phi) is 4.76. The van der Waals surface area contributed by atoms with Gasteiger partial charge < -0.3 is 5.73 Å². The second-order valence-electron chi connectivity index (χ2n) is 5.73. The summed E-state index contributed by atoms with van der Waals surface area (Å²) in [5, 5.41) is 6.61. The smallest absolute Gasteiger partial charge is 0.244 e. The van der Waals surface area contributed by atoms with Crippen LogP contribution in [0.4, 0.5) is 0 Å². The van der Waals surface area contributed by atoms with E-state index in [4.69, 9.17) is 5.73 Å². The van der Waals surface area contributed by atoms with Gasteiger partial charge in [0.1, 0.15) is 4.90 Å². The number of aromatic nitrogens is 2. The van der Waals surface area contributed by atoms with Crippen molar-refractivity contribution in [3.63, 3.8) is 0 Å². The van der Waals surface area contributed by atoms with E-state index in [9.17, 15) is 8.42 Å². The van der Waals surface area contributed by atoms with Crippen LogP contribution in [0.1, 0.15) is 38.6 Å². The third-order valence-corrected chi connectivity index (χ3v) is 4.92. The summed E-state index contributed by atoms with van der Waals surface area (Å²) in [4.78, 5) is 0.218. The first-order valence-corrected chi connectivity index (χ1v) is 7.85.